The average molecular weight is 328 g/mol. The van der Waals surface area contributed by atoms with Crippen molar-refractivity contribution >= 4 is 5.91 Å². The van der Waals surface area contributed by atoms with E-state index in [4.69, 9.17) is 0 Å². The maximum absolute atomic E-state index is 13.1. The Morgan fingerprint density at radius 2 is 1.74 bits per heavy atom. The van der Waals surface area contributed by atoms with Crippen molar-refractivity contribution in [1.82, 2.24) is 9.80 Å². The van der Waals surface area contributed by atoms with Crippen LogP contribution in [-0.2, 0) is 17.5 Å². The third-order valence-corrected chi connectivity index (χ3v) is 4.23. The van der Waals surface area contributed by atoms with Gasteiger partial charge in [-0.2, -0.15) is 13.2 Å². The van der Waals surface area contributed by atoms with E-state index in [1.165, 1.54) is 19.1 Å². The molecule has 128 valence electrons. The minimum atomic E-state index is -4.33. The van der Waals surface area contributed by atoms with Crippen molar-refractivity contribution in [3.63, 3.8) is 0 Å². The molecule has 0 aromatic heterocycles. The molecule has 0 radical (unpaired) electrons. The largest absolute Gasteiger partial charge is 0.416 e. The van der Waals surface area contributed by atoms with E-state index in [0.717, 1.165) is 0 Å². The summed E-state index contributed by atoms with van der Waals surface area (Å²) >= 11 is 0. The molecular weight excluding hydrogens is 305 g/mol. The number of piperazine rings is 1. The molecule has 0 atom stereocenters. The summed E-state index contributed by atoms with van der Waals surface area (Å²) in [6.07, 6.45) is -4.33. The second kappa shape index (κ2) is 6.91. The highest BCUT2D eigenvalue weighted by Gasteiger charge is 2.31. The molecule has 1 heterocycles. The number of rotatable bonds is 3. The van der Waals surface area contributed by atoms with E-state index in [2.05, 4.69) is 4.90 Å². The van der Waals surface area contributed by atoms with Crippen molar-refractivity contribution in [2.75, 3.05) is 26.2 Å². The molecule has 23 heavy (non-hydrogen) atoms. The maximum atomic E-state index is 13.1. The van der Waals surface area contributed by atoms with Gasteiger partial charge in [-0.05, 0) is 29.2 Å². The van der Waals surface area contributed by atoms with Crippen molar-refractivity contribution < 1.29 is 18.0 Å². The van der Waals surface area contributed by atoms with Crippen molar-refractivity contribution in [2.24, 2.45) is 0 Å². The summed E-state index contributed by atoms with van der Waals surface area (Å²) in [7, 11) is 0. The number of alkyl halides is 3. The molecule has 2 rings (SSSR count). The van der Waals surface area contributed by atoms with Gasteiger partial charge in [0.05, 0.1) is 5.56 Å². The van der Waals surface area contributed by atoms with E-state index in [-0.39, 0.29) is 11.8 Å². The van der Waals surface area contributed by atoms with E-state index in [1.54, 1.807) is 4.90 Å². The number of amides is 1. The molecule has 0 bridgehead atoms. The van der Waals surface area contributed by atoms with Gasteiger partial charge in [-0.3, -0.25) is 9.69 Å². The highest BCUT2D eigenvalue weighted by molar-refractivity contribution is 5.73. The molecular formula is C17H23F3N2O. The van der Waals surface area contributed by atoms with Gasteiger partial charge >= 0.3 is 6.18 Å². The highest BCUT2D eigenvalue weighted by atomic mass is 19.4. The van der Waals surface area contributed by atoms with Gasteiger partial charge < -0.3 is 4.90 Å². The molecule has 1 saturated heterocycles. The minimum absolute atomic E-state index is 0.0469. The maximum Gasteiger partial charge on any atom is 0.416 e. The van der Waals surface area contributed by atoms with E-state index in [1.807, 2.05) is 19.9 Å². The van der Waals surface area contributed by atoms with Crippen LogP contribution in [0.4, 0.5) is 13.2 Å². The summed E-state index contributed by atoms with van der Waals surface area (Å²) in [6, 6.07) is 4.34. The molecule has 1 aliphatic rings. The lowest BCUT2D eigenvalue weighted by atomic mass is 9.97. The number of hydrogen-bond donors (Lipinski definition) is 0. The van der Waals surface area contributed by atoms with Crippen LogP contribution in [0.5, 0.6) is 0 Å². The first-order chi connectivity index (χ1) is 10.7. The van der Waals surface area contributed by atoms with Crippen LogP contribution in [0.15, 0.2) is 18.2 Å². The van der Waals surface area contributed by atoms with Crippen molar-refractivity contribution in [1.29, 1.82) is 0 Å². The summed E-state index contributed by atoms with van der Waals surface area (Å²) in [5.74, 6) is 0.0939. The molecule has 1 amide bonds. The van der Waals surface area contributed by atoms with Gasteiger partial charge in [0.25, 0.3) is 0 Å². The van der Waals surface area contributed by atoms with E-state index in [9.17, 15) is 18.0 Å². The summed E-state index contributed by atoms with van der Waals surface area (Å²) in [5.41, 5.74) is 0.804. The molecule has 3 nitrogen and oxygen atoms in total. The van der Waals surface area contributed by atoms with Crippen LogP contribution in [-0.4, -0.2) is 41.9 Å². The molecule has 1 aromatic rings. The lowest BCUT2D eigenvalue weighted by molar-refractivity contribution is -0.137. The Kier molecular flexibility index (Phi) is 5.34. The Hall–Kier alpha value is -1.56. The Morgan fingerprint density at radius 3 is 2.22 bits per heavy atom. The minimum Gasteiger partial charge on any atom is -0.340 e. The normalized spacial score (nSPS) is 16.9. The van der Waals surface area contributed by atoms with E-state index >= 15 is 0 Å². The van der Waals surface area contributed by atoms with Crippen LogP contribution >= 0.6 is 0 Å². The number of benzene rings is 1. The van der Waals surface area contributed by atoms with Gasteiger partial charge in [-0.25, -0.2) is 0 Å². The Balaban J connectivity index is 2.13. The molecule has 1 aliphatic heterocycles. The summed E-state index contributed by atoms with van der Waals surface area (Å²) in [6.45, 7) is 8.44. The van der Waals surface area contributed by atoms with Crippen molar-refractivity contribution in [3.8, 4) is 0 Å². The average Bonchev–Trinajstić information content (AvgIpc) is 2.46. The second-order valence-corrected chi connectivity index (χ2v) is 6.40. The van der Waals surface area contributed by atoms with Crippen LogP contribution in [0.25, 0.3) is 0 Å². The zero-order valence-corrected chi connectivity index (χ0v) is 13.8. The van der Waals surface area contributed by atoms with Gasteiger partial charge in [0, 0.05) is 39.6 Å². The van der Waals surface area contributed by atoms with Gasteiger partial charge in [0.2, 0.25) is 5.91 Å². The Morgan fingerprint density at radius 1 is 1.13 bits per heavy atom. The first kappa shape index (κ1) is 17.8. The predicted molar refractivity (Wildman–Crippen MR) is 83.1 cm³/mol. The fourth-order valence-electron chi connectivity index (χ4n) is 2.79. The highest BCUT2D eigenvalue weighted by Crippen LogP contribution is 2.32. The fraction of sp³-hybridized carbons (Fsp3) is 0.588. The summed E-state index contributed by atoms with van der Waals surface area (Å²) < 4.78 is 39.2. The van der Waals surface area contributed by atoms with Crippen molar-refractivity contribution in [2.45, 2.75) is 39.4 Å². The van der Waals surface area contributed by atoms with Crippen molar-refractivity contribution in [3.05, 3.63) is 34.9 Å². The third kappa shape index (κ3) is 4.70. The summed E-state index contributed by atoms with van der Waals surface area (Å²) in [4.78, 5) is 15.2. The number of carbonyl (C=O) groups is 1. The predicted octanol–water partition coefficient (Wildman–Crippen LogP) is 3.49. The molecule has 0 aliphatic carbocycles. The second-order valence-electron chi connectivity index (χ2n) is 6.40. The standard InChI is InChI=1S/C17H23F3N2O/c1-12(2)15-8-14(9-16(10-15)17(18,19)20)11-21-4-6-22(7-5-21)13(3)23/h8-10,12H,4-7,11H2,1-3H3. The summed E-state index contributed by atoms with van der Waals surface area (Å²) in [5, 5.41) is 0. The Labute approximate surface area is 135 Å². The van der Waals surface area contributed by atoms with Gasteiger partial charge in [-0.15, -0.1) is 0 Å². The van der Waals surface area contributed by atoms with Crippen LogP contribution in [0.2, 0.25) is 0 Å². The fourth-order valence-corrected chi connectivity index (χ4v) is 2.79. The van der Waals surface area contributed by atoms with Crippen LogP contribution in [0.3, 0.4) is 0 Å². The zero-order chi connectivity index (χ0) is 17.2. The molecule has 6 heteroatoms. The monoisotopic (exact) mass is 328 g/mol. The third-order valence-electron chi connectivity index (χ3n) is 4.23. The van der Waals surface area contributed by atoms with Crippen LogP contribution in [0, 0.1) is 0 Å². The number of halogens is 3. The quantitative estimate of drug-likeness (QED) is 0.848. The van der Waals surface area contributed by atoms with Crippen LogP contribution in [0.1, 0.15) is 43.4 Å². The molecule has 0 spiro atoms. The first-order valence-corrected chi connectivity index (χ1v) is 7.85. The van der Waals surface area contributed by atoms with E-state index in [0.29, 0.717) is 43.9 Å². The van der Waals surface area contributed by atoms with Gasteiger partial charge in [-0.1, -0.05) is 19.9 Å². The number of carbonyl (C=O) groups excluding carboxylic acids is 1. The molecule has 1 aromatic carbocycles. The van der Waals surface area contributed by atoms with Gasteiger partial charge in [0.1, 0.15) is 0 Å². The zero-order valence-electron chi connectivity index (χ0n) is 13.8. The molecule has 0 unspecified atom stereocenters. The Bertz CT molecular complexity index is 561. The van der Waals surface area contributed by atoms with E-state index < -0.39 is 11.7 Å². The lowest BCUT2D eigenvalue weighted by Crippen LogP contribution is -2.47. The first-order valence-electron chi connectivity index (χ1n) is 7.85. The smallest absolute Gasteiger partial charge is 0.340 e. The molecule has 0 saturated carbocycles. The SMILES string of the molecule is CC(=O)N1CCN(Cc2cc(C(C)C)cc(C(F)(F)F)c2)CC1. The van der Waals surface area contributed by atoms with Gasteiger partial charge in [0.15, 0.2) is 0 Å². The van der Waals surface area contributed by atoms with Crippen LogP contribution < -0.4 is 0 Å². The number of nitrogens with zero attached hydrogens (tertiary/aromatic N) is 2. The number of hydrogen-bond acceptors (Lipinski definition) is 2. The lowest BCUT2D eigenvalue weighted by Gasteiger charge is -2.34. The molecule has 0 N–H and O–H groups in total. The molecule has 1 fully saturated rings. The topological polar surface area (TPSA) is 23.6 Å².